The number of ether oxygens (including phenoxy) is 2. The number of carbonyl (C=O) groups is 2. The van der Waals surface area contributed by atoms with Crippen molar-refractivity contribution in [3.63, 3.8) is 0 Å². The normalized spacial score (nSPS) is 9.96. The van der Waals surface area contributed by atoms with Gasteiger partial charge in [0.25, 0.3) is 0 Å². The molecule has 2 aromatic heterocycles. The van der Waals surface area contributed by atoms with Gasteiger partial charge in [-0.1, -0.05) is 6.92 Å². The number of methoxy groups -OCH3 is 2. The van der Waals surface area contributed by atoms with Crippen LogP contribution >= 0.6 is 22.7 Å². The standard InChI is InChI=1S/C9H12O2S.C7H8O2S.C3H8N.HI/c1-3-8(9(10)11-2)7-4-5-12-6-7;1-9-7(8)4-6-2-3-10-5-6;1-4(2)3;/h4-6,8H,3H2,1-2H3;2-3,5H,4H2,1H3;1H2,2-3H3;1H/q;;+1;/p-1. The molecule has 0 amide bonds. The maximum atomic E-state index is 11.2. The van der Waals surface area contributed by atoms with Crippen molar-refractivity contribution in [2.75, 3.05) is 28.3 Å². The van der Waals surface area contributed by atoms with E-state index in [4.69, 9.17) is 4.74 Å². The van der Waals surface area contributed by atoms with Crippen LogP contribution in [0.4, 0.5) is 0 Å². The summed E-state index contributed by atoms with van der Waals surface area (Å²) in [5, 5.41) is 7.85. The summed E-state index contributed by atoms with van der Waals surface area (Å²) < 4.78 is 10.9. The second kappa shape index (κ2) is 16.9. The lowest BCUT2D eigenvalue weighted by molar-refractivity contribution is -0.454. The number of rotatable bonds is 5. The van der Waals surface area contributed by atoms with Gasteiger partial charge in [-0.15, -0.1) is 0 Å². The predicted octanol–water partition coefficient (Wildman–Crippen LogP) is 0.841. The summed E-state index contributed by atoms with van der Waals surface area (Å²) >= 11 is 3.19. The highest BCUT2D eigenvalue weighted by atomic mass is 127. The van der Waals surface area contributed by atoms with Crippen molar-refractivity contribution in [1.82, 2.24) is 0 Å². The van der Waals surface area contributed by atoms with Crippen molar-refractivity contribution in [1.29, 1.82) is 0 Å². The van der Waals surface area contributed by atoms with E-state index in [1.807, 2.05) is 54.7 Å². The van der Waals surface area contributed by atoms with Crippen LogP contribution in [0.25, 0.3) is 0 Å². The first kappa shape index (κ1) is 28.0. The number of halogens is 1. The van der Waals surface area contributed by atoms with E-state index in [0.717, 1.165) is 17.5 Å². The molecule has 5 nitrogen and oxygen atoms in total. The lowest BCUT2D eigenvalue weighted by atomic mass is 10.0. The molecule has 0 aliphatic heterocycles. The monoisotopic (exact) mass is 525 g/mol. The molecule has 0 aromatic carbocycles. The summed E-state index contributed by atoms with van der Waals surface area (Å²) in [6.07, 6.45) is 1.18. The van der Waals surface area contributed by atoms with Crippen molar-refractivity contribution in [3.05, 3.63) is 44.8 Å². The largest absolute Gasteiger partial charge is 1.00 e. The molecule has 0 aliphatic carbocycles. The molecule has 0 radical (unpaired) electrons. The Kier molecular flexibility index (Phi) is 17.5. The Morgan fingerprint density at radius 2 is 1.67 bits per heavy atom. The number of thiophene rings is 2. The molecule has 27 heavy (non-hydrogen) atoms. The number of nitrogens with zero attached hydrogens (tertiary/aromatic N) is 1. The quantitative estimate of drug-likeness (QED) is 0.252. The minimum Gasteiger partial charge on any atom is -1.00 e. The summed E-state index contributed by atoms with van der Waals surface area (Å²) in [7, 11) is 6.60. The van der Waals surface area contributed by atoms with E-state index in [1.54, 1.807) is 27.2 Å². The Labute approximate surface area is 187 Å². The van der Waals surface area contributed by atoms with Crippen LogP contribution < -0.4 is 24.0 Å². The molecule has 2 heterocycles. The van der Waals surface area contributed by atoms with Gasteiger partial charge in [-0.2, -0.15) is 22.7 Å². The first-order chi connectivity index (χ1) is 12.3. The predicted molar refractivity (Wildman–Crippen MR) is 109 cm³/mol. The molecular weight excluding hydrogens is 497 g/mol. The fourth-order valence-corrected chi connectivity index (χ4v) is 3.17. The zero-order valence-electron chi connectivity index (χ0n) is 16.4. The van der Waals surface area contributed by atoms with Gasteiger partial charge in [-0.3, -0.25) is 9.59 Å². The van der Waals surface area contributed by atoms with Crippen LogP contribution in [0, 0.1) is 0 Å². The van der Waals surface area contributed by atoms with Gasteiger partial charge in [0.15, 0.2) is 0 Å². The summed E-state index contributed by atoms with van der Waals surface area (Å²) in [4.78, 5) is 21.9. The summed E-state index contributed by atoms with van der Waals surface area (Å²) in [5.41, 5.74) is 2.09. The van der Waals surface area contributed by atoms with Crippen molar-refractivity contribution in [2.45, 2.75) is 25.7 Å². The van der Waals surface area contributed by atoms with Crippen LogP contribution in [0.2, 0.25) is 0 Å². The first-order valence-corrected chi connectivity index (χ1v) is 9.89. The van der Waals surface area contributed by atoms with Crippen LogP contribution in [0.5, 0.6) is 0 Å². The average Bonchev–Trinajstić information content (AvgIpc) is 3.29. The second-order valence-electron chi connectivity index (χ2n) is 5.50. The molecule has 0 saturated carbocycles. The summed E-state index contributed by atoms with van der Waals surface area (Å²) in [6.45, 7) is 5.46. The lowest BCUT2D eigenvalue weighted by Gasteiger charge is -2.09. The van der Waals surface area contributed by atoms with Crippen LogP contribution in [0.1, 0.15) is 30.4 Å². The van der Waals surface area contributed by atoms with E-state index in [2.05, 4.69) is 11.5 Å². The summed E-state index contributed by atoms with van der Waals surface area (Å²) in [6, 6.07) is 3.89. The van der Waals surface area contributed by atoms with Gasteiger partial charge in [0.2, 0.25) is 0 Å². The van der Waals surface area contributed by atoms with Crippen molar-refractivity contribution >= 4 is 41.3 Å². The molecule has 2 rings (SSSR count). The molecule has 1 unspecified atom stereocenters. The van der Waals surface area contributed by atoms with Gasteiger partial charge < -0.3 is 33.5 Å². The van der Waals surface area contributed by atoms with Crippen LogP contribution in [0.15, 0.2) is 33.7 Å². The Morgan fingerprint density at radius 1 is 1.11 bits per heavy atom. The van der Waals surface area contributed by atoms with E-state index in [9.17, 15) is 9.59 Å². The first-order valence-electron chi connectivity index (χ1n) is 8.01. The number of hydrogen-bond donors (Lipinski definition) is 0. The van der Waals surface area contributed by atoms with Gasteiger partial charge in [-0.25, -0.2) is 4.58 Å². The third kappa shape index (κ3) is 13.5. The number of esters is 2. The molecule has 0 spiro atoms. The Balaban J connectivity index is 0. The molecule has 0 N–H and O–H groups in total. The molecular formula is C19H28INO4S2. The van der Waals surface area contributed by atoms with Crippen LogP contribution in [-0.4, -0.2) is 51.5 Å². The molecule has 2 aromatic rings. The number of carbonyl (C=O) groups excluding carboxylic acids is 2. The highest BCUT2D eigenvalue weighted by molar-refractivity contribution is 7.08. The highest BCUT2D eigenvalue weighted by Gasteiger charge is 2.18. The maximum absolute atomic E-state index is 11.2. The lowest BCUT2D eigenvalue weighted by Crippen LogP contribution is -3.00. The number of hydrogen-bond acceptors (Lipinski definition) is 6. The fraction of sp³-hybridized carbons (Fsp3) is 0.421. The molecule has 0 saturated heterocycles. The van der Waals surface area contributed by atoms with E-state index in [1.165, 1.54) is 14.2 Å². The zero-order valence-corrected chi connectivity index (χ0v) is 20.2. The van der Waals surface area contributed by atoms with E-state index in [0.29, 0.717) is 6.42 Å². The van der Waals surface area contributed by atoms with Gasteiger partial charge >= 0.3 is 11.9 Å². The third-order valence-corrected chi connectivity index (χ3v) is 4.43. The smallest absolute Gasteiger partial charge is 0.313 e. The van der Waals surface area contributed by atoms with E-state index in [-0.39, 0.29) is 41.8 Å². The van der Waals surface area contributed by atoms with Gasteiger partial charge in [0.1, 0.15) is 20.8 Å². The second-order valence-corrected chi connectivity index (χ2v) is 7.06. The SMILES string of the molecule is C=[N+](C)C.CCC(C(=O)OC)c1ccsc1.COC(=O)Cc1ccsc1.[I-]. The fourth-order valence-electron chi connectivity index (χ4n) is 1.79. The Morgan fingerprint density at radius 3 is 2.04 bits per heavy atom. The van der Waals surface area contributed by atoms with Gasteiger partial charge in [0.05, 0.1) is 26.6 Å². The molecule has 0 bridgehead atoms. The minimum atomic E-state index is -0.182. The van der Waals surface area contributed by atoms with E-state index >= 15 is 0 Å². The van der Waals surface area contributed by atoms with Crippen molar-refractivity contribution in [2.24, 2.45) is 0 Å². The van der Waals surface area contributed by atoms with Gasteiger partial charge in [-0.05, 0) is 51.2 Å². The molecule has 8 heteroatoms. The molecule has 1 atom stereocenters. The highest BCUT2D eigenvalue weighted by Crippen LogP contribution is 2.22. The molecule has 0 aliphatic rings. The molecule has 152 valence electrons. The average molecular weight is 525 g/mol. The van der Waals surface area contributed by atoms with E-state index < -0.39 is 0 Å². The minimum absolute atomic E-state index is 0. The van der Waals surface area contributed by atoms with Crippen molar-refractivity contribution < 1.29 is 47.6 Å². The third-order valence-electron chi connectivity index (χ3n) is 3.00. The topological polar surface area (TPSA) is 55.6 Å². The molecule has 0 fully saturated rings. The van der Waals surface area contributed by atoms with Gasteiger partial charge in [0, 0.05) is 0 Å². The Hall–Kier alpha value is -1.26. The maximum Gasteiger partial charge on any atom is 0.313 e. The van der Waals surface area contributed by atoms with Crippen LogP contribution in [-0.2, 0) is 25.5 Å². The van der Waals surface area contributed by atoms with Crippen molar-refractivity contribution in [3.8, 4) is 0 Å². The zero-order chi connectivity index (χ0) is 19.9. The Bertz CT molecular complexity index is 639. The van der Waals surface area contributed by atoms with Crippen LogP contribution in [0.3, 0.4) is 0 Å². The summed E-state index contributed by atoms with van der Waals surface area (Å²) in [5.74, 6) is -0.407.